The van der Waals surface area contributed by atoms with Gasteiger partial charge in [0.05, 0.1) is 12.8 Å². The summed E-state index contributed by atoms with van der Waals surface area (Å²) in [5.41, 5.74) is 1.16. The first-order chi connectivity index (χ1) is 11.7. The third kappa shape index (κ3) is 3.35. The van der Waals surface area contributed by atoms with Gasteiger partial charge in [0.15, 0.2) is 17.3 Å². The molecule has 0 saturated carbocycles. The van der Waals surface area contributed by atoms with Crippen LogP contribution < -0.4 is 10.1 Å². The summed E-state index contributed by atoms with van der Waals surface area (Å²) in [7, 11) is 1.58. The molecule has 7 heteroatoms. The normalized spacial score (nSPS) is 10.2. The summed E-state index contributed by atoms with van der Waals surface area (Å²) >= 11 is 0. The number of nitrogens with one attached hydrogen (secondary N) is 1. The van der Waals surface area contributed by atoms with Crippen molar-refractivity contribution in [1.29, 1.82) is 0 Å². The van der Waals surface area contributed by atoms with Gasteiger partial charge in [-0.1, -0.05) is 12.1 Å². The van der Waals surface area contributed by atoms with Gasteiger partial charge in [0.2, 0.25) is 0 Å². The predicted molar refractivity (Wildman–Crippen MR) is 86.2 cm³/mol. The second-order valence-corrected chi connectivity index (χ2v) is 4.82. The Bertz CT molecular complexity index is 868. The number of nitrogens with zero attached hydrogens (tertiary/aromatic N) is 3. The van der Waals surface area contributed by atoms with E-state index < -0.39 is 11.7 Å². The highest BCUT2D eigenvalue weighted by molar-refractivity contribution is 6.02. The van der Waals surface area contributed by atoms with E-state index in [9.17, 15) is 9.18 Å². The first-order valence-electron chi connectivity index (χ1n) is 7.07. The average molecular weight is 324 g/mol. The second-order valence-electron chi connectivity index (χ2n) is 4.82. The standard InChI is InChI=1S/C17H13FN4O2/c1-24-12-5-2-4-11(10-12)14-7-8-15(22-21-14)20-17(23)16-13(18)6-3-9-19-16/h2-10H,1H3,(H,20,22,23). The van der Waals surface area contributed by atoms with E-state index in [4.69, 9.17) is 4.74 Å². The van der Waals surface area contributed by atoms with E-state index in [-0.39, 0.29) is 11.5 Å². The lowest BCUT2D eigenvalue weighted by Gasteiger charge is -2.06. The summed E-state index contributed by atoms with van der Waals surface area (Å²) in [6.45, 7) is 0. The Labute approximate surface area is 137 Å². The Balaban J connectivity index is 1.77. The van der Waals surface area contributed by atoms with Gasteiger partial charge in [-0.15, -0.1) is 10.2 Å². The number of ether oxygens (including phenoxy) is 1. The van der Waals surface area contributed by atoms with E-state index in [2.05, 4.69) is 20.5 Å². The molecule has 24 heavy (non-hydrogen) atoms. The molecule has 0 fully saturated rings. The molecule has 2 aromatic heterocycles. The predicted octanol–water partition coefficient (Wildman–Crippen LogP) is 2.94. The minimum absolute atomic E-state index is 0.205. The fraction of sp³-hybridized carbons (Fsp3) is 0.0588. The van der Waals surface area contributed by atoms with Crippen LogP contribution in [0.3, 0.4) is 0 Å². The van der Waals surface area contributed by atoms with E-state index in [0.717, 1.165) is 5.56 Å². The maximum atomic E-state index is 13.5. The van der Waals surface area contributed by atoms with Crippen molar-refractivity contribution in [2.24, 2.45) is 0 Å². The fourth-order valence-electron chi connectivity index (χ4n) is 2.06. The molecule has 0 atom stereocenters. The summed E-state index contributed by atoms with van der Waals surface area (Å²) in [5, 5.41) is 10.5. The van der Waals surface area contributed by atoms with Gasteiger partial charge in [0, 0.05) is 11.8 Å². The molecule has 1 N–H and O–H groups in total. The van der Waals surface area contributed by atoms with Crippen LogP contribution in [0.4, 0.5) is 10.2 Å². The monoisotopic (exact) mass is 324 g/mol. The molecule has 3 aromatic rings. The SMILES string of the molecule is COc1cccc(-c2ccc(NC(=O)c3ncccc3F)nn2)c1. The van der Waals surface area contributed by atoms with E-state index in [1.54, 1.807) is 19.2 Å². The first-order valence-corrected chi connectivity index (χ1v) is 7.07. The van der Waals surface area contributed by atoms with Crippen molar-refractivity contribution < 1.29 is 13.9 Å². The first kappa shape index (κ1) is 15.5. The van der Waals surface area contributed by atoms with Gasteiger partial charge in [-0.05, 0) is 36.4 Å². The molecule has 0 aliphatic rings. The molecule has 0 unspecified atom stereocenters. The van der Waals surface area contributed by atoms with Crippen molar-refractivity contribution in [2.75, 3.05) is 12.4 Å². The quantitative estimate of drug-likeness (QED) is 0.798. The maximum absolute atomic E-state index is 13.5. The van der Waals surface area contributed by atoms with Crippen molar-refractivity contribution in [1.82, 2.24) is 15.2 Å². The van der Waals surface area contributed by atoms with Gasteiger partial charge in [-0.2, -0.15) is 0 Å². The molecule has 0 saturated heterocycles. The maximum Gasteiger partial charge on any atom is 0.278 e. The molecule has 0 aliphatic heterocycles. The molecule has 0 spiro atoms. The molecule has 120 valence electrons. The zero-order chi connectivity index (χ0) is 16.9. The number of rotatable bonds is 4. The van der Waals surface area contributed by atoms with Gasteiger partial charge in [-0.25, -0.2) is 9.37 Å². The number of hydrogen-bond donors (Lipinski definition) is 1. The molecule has 2 heterocycles. The number of benzene rings is 1. The van der Waals surface area contributed by atoms with E-state index in [1.165, 1.54) is 18.3 Å². The molecule has 6 nitrogen and oxygen atoms in total. The third-order valence-electron chi connectivity index (χ3n) is 3.25. The van der Waals surface area contributed by atoms with Crippen LogP contribution in [-0.4, -0.2) is 28.2 Å². The highest BCUT2D eigenvalue weighted by Gasteiger charge is 2.13. The van der Waals surface area contributed by atoms with Crippen molar-refractivity contribution in [3.63, 3.8) is 0 Å². The molecule has 1 amide bonds. The fourth-order valence-corrected chi connectivity index (χ4v) is 2.06. The molecular formula is C17H13FN4O2. The number of hydrogen-bond acceptors (Lipinski definition) is 5. The molecule has 1 aromatic carbocycles. The van der Waals surface area contributed by atoms with Crippen LogP contribution in [0.5, 0.6) is 5.75 Å². The number of carbonyl (C=O) groups is 1. The van der Waals surface area contributed by atoms with Gasteiger partial charge in [-0.3, -0.25) is 4.79 Å². The van der Waals surface area contributed by atoms with E-state index in [1.807, 2.05) is 24.3 Å². The van der Waals surface area contributed by atoms with Gasteiger partial charge >= 0.3 is 0 Å². The summed E-state index contributed by atoms with van der Waals surface area (Å²) in [5.74, 6) is -0.471. The number of carbonyl (C=O) groups excluding carboxylic acids is 1. The third-order valence-corrected chi connectivity index (χ3v) is 3.25. The highest BCUT2D eigenvalue weighted by atomic mass is 19.1. The van der Waals surface area contributed by atoms with Crippen LogP contribution in [0.1, 0.15) is 10.5 Å². The summed E-state index contributed by atoms with van der Waals surface area (Å²) in [6, 6.07) is 13.2. The Hall–Kier alpha value is -3.35. The lowest BCUT2D eigenvalue weighted by molar-refractivity contribution is 0.101. The largest absolute Gasteiger partial charge is 0.497 e. The summed E-state index contributed by atoms with van der Waals surface area (Å²) in [4.78, 5) is 15.7. The zero-order valence-corrected chi connectivity index (χ0v) is 12.7. The molecule has 0 radical (unpaired) electrons. The number of methoxy groups -OCH3 is 1. The van der Waals surface area contributed by atoms with Crippen LogP contribution in [0.2, 0.25) is 0 Å². The van der Waals surface area contributed by atoms with E-state index in [0.29, 0.717) is 11.4 Å². The summed E-state index contributed by atoms with van der Waals surface area (Å²) in [6.07, 6.45) is 1.34. The highest BCUT2D eigenvalue weighted by Crippen LogP contribution is 2.22. The number of anilines is 1. The Kier molecular flexibility index (Phi) is 4.42. The van der Waals surface area contributed by atoms with Gasteiger partial charge in [0.1, 0.15) is 5.75 Å². The topological polar surface area (TPSA) is 77.0 Å². The van der Waals surface area contributed by atoms with Crippen LogP contribution in [0, 0.1) is 5.82 Å². The Morgan fingerprint density at radius 2 is 2.00 bits per heavy atom. The molecular weight excluding hydrogens is 311 g/mol. The lowest BCUT2D eigenvalue weighted by Crippen LogP contribution is -2.16. The average Bonchev–Trinajstić information content (AvgIpc) is 2.62. The van der Waals surface area contributed by atoms with Gasteiger partial charge in [0.25, 0.3) is 5.91 Å². The number of amides is 1. The minimum Gasteiger partial charge on any atom is -0.497 e. The van der Waals surface area contributed by atoms with Gasteiger partial charge < -0.3 is 10.1 Å². The molecule has 0 aliphatic carbocycles. The second kappa shape index (κ2) is 6.82. The van der Waals surface area contributed by atoms with Crippen LogP contribution >= 0.6 is 0 Å². The summed E-state index contributed by atoms with van der Waals surface area (Å²) < 4.78 is 18.7. The number of pyridine rings is 1. The number of aromatic nitrogens is 3. The lowest BCUT2D eigenvalue weighted by atomic mass is 10.1. The van der Waals surface area contributed by atoms with Crippen molar-refractivity contribution >= 4 is 11.7 Å². The zero-order valence-electron chi connectivity index (χ0n) is 12.7. The van der Waals surface area contributed by atoms with Crippen LogP contribution in [-0.2, 0) is 0 Å². The van der Waals surface area contributed by atoms with Crippen molar-refractivity contribution in [3.05, 3.63) is 66.2 Å². The minimum atomic E-state index is -0.698. The van der Waals surface area contributed by atoms with Crippen molar-refractivity contribution in [2.45, 2.75) is 0 Å². The Morgan fingerprint density at radius 1 is 1.12 bits per heavy atom. The molecule has 0 bridgehead atoms. The van der Waals surface area contributed by atoms with Crippen LogP contribution in [0.25, 0.3) is 11.3 Å². The van der Waals surface area contributed by atoms with Crippen LogP contribution in [0.15, 0.2) is 54.7 Å². The molecule has 3 rings (SSSR count). The smallest absolute Gasteiger partial charge is 0.278 e. The number of halogens is 1. The van der Waals surface area contributed by atoms with E-state index >= 15 is 0 Å². The van der Waals surface area contributed by atoms with Crippen molar-refractivity contribution in [3.8, 4) is 17.0 Å². The Morgan fingerprint density at radius 3 is 2.71 bits per heavy atom.